The molecule has 102 valence electrons. The van der Waals surface area contributed by atoms with Crippen molar-refractivity contribution >= 4 is 17.2 Å². The van der Waals surface area contributed by atoms with Crippen molar-refractivity contribution in [3.05, 3.63) is 17.5 Å². The van der Waals surface area contributed by atoms with Gasteiger partial charge in [-0.15, -0.1) is 21.5 Å². The molecule has 0 aliphatic heterocycles. The molecule has 2 aromatic rings. The summed E-state index contributed by atoms with van der Waals surface area (Å²) in [5, 5.41) is 25.5. The largest absolute Gasteiger partial charge is 0.394 e. The second-order valence-corrected chi connectivity index (χ2v) is 4.92. The van der Waals surface area contributed by atoms with Gasteiger partial charge in [-0.25, -0.2) is 0 Å². The number of amides is 1. The molecule has 0 spiro atoms. The summed E-state index contributed by atoms with van der Waals surface area (Å²) in [5.41, 5.74) is 0. The van der Waals surface area contributed by atoms with Gasteiger partial charge in [0, 0.05) is 0 Å². The molecule has 2 heterocycles. The Labute approximate surface area is 114 Å². The Morgan fingerprint density at radius 1 is 1.63 bits per heavy atom. The first-order valence-electron chi connectivity index (χ1n) is 5.94. The summed E-state index contributed by atoms with van der Waals surface area (Å²) in [5.74, 6) is 0.271. The van der Waals surface area contributed by atoms with Gasteiger partial charge in [0.05, 0.1) is 17.5 Å². The molecule has 0 fully saturated rings. The molecule has 8 heteroatoms. The molecule has 1 amide bonds. The zero-order valence-electron chi connectivity index (χ0n) is 10.5. The number of nitrogens with zero attached hydrogens (tertiary/aromatic N) is 4. The molecule has 0 bridgehead atoms. The zero-order valence-corrected chi connectivity index (χ0v) is 11.3. The third-order valence-corrected chi connectivity index (χ3v) is 3.42. The average Bonchev–Trinajstić information content (AvgIpc) is 3.06. The van der Waals surface area contributed by atoms with E-state index in [0.29, 0.717) is 12.2 Å². The first-order chi connectivity index (χ1) is 9.22. The van der Waals surface area contributed by atoms with E-state index >= 15 is 0 Å². The number of aliphatic hydroxyl groups excluding tert-OH is 1. The molecule has 0 saturated heterocycles. The van der Waals surface area contributed by atoms with Crippen LogP contribution in [0.25, 0.3) is 10.7 Å². The highest BCUT2D eigenvalue weighted by molar-refractivity contribution is 7.13. The quantitative estimate of drug-likeness (QED) is 0.794. The van der Waals surface area contributed by atoms with Crippen molar-refractivity contribution in [2.45, 2.75) is 25.9 Å². The van der Waals surface area contributed by atoms with Crippen molar-refractivity contribution in [3.8, 4) is 10.7 Å². The fourth-order valence-electron chi connectivity index (χ4n) is 1.49. The topological polar surface area (TPSA) is 92.9 Å². The summed E-state index contributed by atoms with van der Waals surface area (Å²) in [6.07, 6.45) is 0.674. The monoisotopic (exact) mass is 281 g/mol. The molecule has 1 atom stereocenters. The van der Waals surface area contributed by atoms with Crippen LogP contribution in [0, 0.1) is 0 Å². The van der Waals surface area contributed by atoms with Gasteiger partial charge in [-0.2, -0.15) is 4.80 Å². The Hall–Kier alpha value is -1.80. The maximum absolute atomic E-state index is 11.7. The molecule has 0 aliphatic carbocycles. The van der Waals surface area contributed by atoms with E-state index in [1.807, 2.05) is 24.4 Å². The van der Waals surface area contributed by atoms with Crippen LogP contribution < -0.4 is 5.32 Å². The second-order valence-electron chi connectivity index (χ2n) is 3.98. The van der Waals surface area contributed by atoms with Crippen molar-refractivity contribution in [2.24, 2.45) is 0 Å². The van der Waals surface area contributed by atoms with E-state index in [2.05, 4.69) is 20.7 Å². The fourth-order valence-corrected chi connectivity index (χ4v) is 2.14. The number of hydrogen-bond donors (Lipinski definition) is 2. The van der Waals surface area contributed by atoms with Crippen LogP contribution in [0.3, 0.4) is 0 Å². The van der Waals surface area contributed by atoms with E-state index < -0.39 is 0 Å². The number of carbonyl (C=O) groups is 1. The van der Waals surface area contributed by atoms with Gasteiger partial charge in [0.25, 0.3) is 0 Å². The van der Waals surface area contributed by atoms with Gasteiger partial charge >= 0.3 is 0 Å². The third kappa shape index (κ3) is 3.58. The highest BCUT2D eigenvalue weighted by Gasteiger charge is 2.12. The van der Waals surface area contributed by atoms with Gasteiger partial charge in [-0.05, 0) is 23.1 Å². The molecule has 0 saturated carbocycles. The first kappa shape index (κ1) is 13.6. The molecule has 0 radical (unpaired) electrons. The van der Waals surface area contributed by atoms with Gasteiger partial charge < -0.3 is 10.4 Å². The van der Waals surface area contributed by atoms with Gasteiger partial charge in [0.1, 0.15) is 6.54 Å². The van der Waals surface area contributed by atoms with E-state index in [9.17, 15) is 4.79 Å². The van der Waals surface area contributed by atoms with Crippen molar-refractivity contribution < 1.29 is 9.90 Å². The van der Waals surface area contributed by atoms with Gasteiger partial charge in [0.15, 0.2) is 0 Å². The molecule has 2 N–H and O–H groups in total. The SMILES string of the molecule is CCC(CO)NC(=O)Cn1nnc(-c2cccs2)n1. The Morgan fingerprint density at radius 3 is 3.11 bits per heavy atom. The van der Waals surface area contributed by atoms with Crippen LogP contribution in [-0.4, -0.2) is 43.9 Å². The third-order valence-electron chi connectivity index (χ3n) is 2.56. The van der Waals surface area contributed by atoms with E-state index in [0.717, 1.165) is 4.88 Å². The minimum absolute atomic E-state index is 0.00508. The van der Waals surface area contributed by atoms with Crippen molar-refractivity contribution in [1.29, 1.82) is 0 Å². The smallest absolute Gasteiger partial charge is 0.243 e. The van der Waals surface area contributed by atoms with Gasteiger partial charge in [-0.3, -0.25) is 4.79 Å². The summed E-state index contributed by atoms with van der Waals surface area (Å²) < 4.78 is 0. The summed E-state index contributed by atoms with van der Waals surface area (Å²) >= 11 is 1.51. The van der Waals surface area contributed by atoms with Gasteiger partial charge in [-0.1, -0.05) is 13.0 Å². The molecule has 19 heavy (non-hydrogen) atoms. The van der Waals surface area contributed by atoms with E-state index in [1.165, 1.54) is 16.1 Å². The van der Waals surface area contributed by atoms with Crippen LogP contribution in [0.15, 0.2) is 17.5 Å². The number of carbonyl (C=O) groups excluding carboxylic acids is 1. The highest BCUT2D eigenvalue weighted by Crippen LogP contribution is 2.19. The van der Waals surface area contributed by atoms with Crippen LogP contribution in [0.5, 0.6) is 0 Å². The Morgan fingerprint density at radius 2 is 2.47 bits per heavy atom. The molecule has 0 aliphatic rings. The molecule has 2 rings (SSSR count). The minimum Gasteiger partial charge on any atom is -0.394 e. The molecule has 7 nitrogen and oxygen atoms in total. The predicted molar refractivity (Wildman–Crippen MR) is 70.4 cm³/mol. The average molecular weight is 281 g/mol. The summed E-state index contributed by atoms with van der Waals surface area (Å²) in [6, 6.07) is 3.57. The lowest BCUT2D eigenvalue weighted by atomic mass is 10.2. The zero-order chi connectivity index (χ0) is 13.7. The lowest BCUT2D eigenvalue weighted by molar-refractivity contribution is -0.123. The number of hydrogen-bond acceptors (Lipinski definition) is 6. The Bertz CT molecular complexity index is 521. The molecule has 1 unspecified atom stereocenters. The molecule has 0 aromatic carbocycles. The predicted octanol–water partition coefficient (Wildman–Crippen LogP) is 0.289. The number of aliphatic hydroxyl groups is 1. The minimum atomic E-state index is -0.240. The van der Waals surface area contributed by atoms with Crippen molar-refractivity contribution in [3.63, 3.8) is 0 Å². The number of rotatable bonds is 6. The molecule has 2 aromatic heterocycles. The normalized spacial score (nSPS) is 12.3. The maximum atomic E-state index is 11.7. The van der Waals surface area contributed by atoms with Gasteiger partial charge in [0.2, 0.25) is 11.7 Å². The van der Waals surface area contributed by atoms with Crippen molar-refractivity contribution in [1.82, 2.24) is 25.5 Å². The number of thiophene rings is 1. The van der Waals surface area contributed by atoms with Crippen LogP contribution in [-0.2, 0) is 11.3 Å². The number of nitrogens with one attached hydrogen (secondary N) is 1. The Kier molecular flexibility index (Phi) is 4.58. The summed E-state index contributed by atoms with van der Waals surface area (Å²) in [6.45, 7) is 1.81. The molecular formula is C11H15N5O2S. The van der Waals surface area contributed by atoms with Crippen LogP contribution in [0.1, 0.15) is 13.3 Å². The first-order valence-corrected chi connectivity index (χ1v) is 6.82. The van der Waals surface area contributed by atoms with Crippen LogP contribution in [0.2, 0.25) is 0 Å². The van der Waals surface area contributed by atoms with E-state index in [4.69, 9.17) is 5.11 Å². The maximum Gasteiger partial charge on any atom is 0.243 e. The molecular weight excluding hydrogens is 266 g/mol. The second kappa shape index (κ2) is 6.39. The van der Waals surface area contributed by atoms with E-state index in [1.54, 1.807) is 0 Å². The summed E-state index contributed by atoms with van der Waals surface area (Å²) in [4.78, 5) is 13.8. The Balaban J connectivity index is 1.95. The van der Waals surface area contributed by atoms with E-state index in [-0.39, 0.29) is 25.1 Å². The standard InChI is InChI=1S/C11H15N5O2S/c1-2-8(7-17)12-10(18)6-16-14-11(13-15-16)9-4-3-5-19-9/h3-5,8,17H,2,6-7H2,1H3,(H,12,18). The van der Waals surface area contributed by atoms with Crippen LogP contribution in [0.4, 0.5) is 0 Å². The fraction of sp³-hybridized carbons (Fsp3) is 0.455. The lowest BCUT2D eigenvalue weighted by Gasteiger charge is -2.13. The highest BCUT2D eigenvalue weighted by atomic mass is 32.1. The number of aromatic nitrogens is 4. The van der Waals surface area contributed by atoms with Crippen LogP contribution >= 0.6 is 11.3 Å². The number of tetrazole rings is 1. The lowest BCUT2D eigenvalue weighted by Crippen LogP contribution is -2.39. The summed E-state index contributed by atoms with van der Waals surface area (Å²) in [7, 11) is 0. The van der Waals surface area contributed by atoms with Crippen molar-refractivity contribution in [2.75, 3.05) is 6.61 Å².